The van der Waals surface area contributed by atoms with Gasteiger partial charge in [0.25, 0.3) is 5.69 Å². The van der Waals surface area contributed by atoms with Crippen molar-refractivity contribution in [3.8, 4) is 0 Å². The fourth-order valence-corrected chi connectivity index (χ4v) is 3.09. The normalized spacial score (nSPS) is 16.7. The van der Waals surface area contributed by atoms with Gasteiger partial charge in [0, 0.05) is 13.2 Å². The first-order chi connectivity index (χ1) is 16.9. The van der Waals surface area contributed by atoms with Crippen LogP contribution in [0.2, 0.25) is 0 Å². The SMILES string of the molecule is COC(C)(CC(F)(F)C(F)(F)C(F)(F)C(F)(F)C(F)(F)C(F)(F)C(F)(F)C(F)(F)F)c1ccccc1[N+](=O)[O-]. The number of nitro groups is 1. The van der Waals surface area contributed by atoms with Crippen molar-refractivity contribution in [1.82, 2.24) is 0 Å². The minimum Gasteiger partial charge on any atom is -0.373 e. The third kappa shape index (κ3) is 4.83. The molecule has 0 radical (unpaired) electrons. The molecule has 0 aliphatic heterocycles. The number of para-hydroxylation sites is 1. The van der Waals surface area contributed by atoms with Gasteiger partial charge in [-0.2, -0.15) is 74.6 Å². The maximum absolute atomic E-state index is 14.5. The Hall–Kier alpha value is -2.61. The van der Waals surface area contributed by atoms with E-state index in [0.29, 0.717) is 19.2 Å². The second kappa shape index (κ2) is 9.50. The molecular formula is C18H12F17NO3. The second-order valence-electron chi connectivity index (χ2n) is 8.03. The maximum atomic E-state index is 14.5. The number of hydrogen-bond donors (Lipinski definition) is 0. The van der Waals surface area contributed by atoms with Crippen LogP contribution in [-0.4, -0.2) is 59.7 Å². The van der Waals surface area contributed by atoms with Gasteiger partial charge in [0.1, 0.15) is 5.60 Å². The summed E-state index contributed by atoms with van der Waals surface area (Å²) in [5, 5.41) is 11.1. The lowest BCUT2D eigenvalue weighted by Gasteiger charge is -2.43. The van der Waals surface area contributed by atoms with Gasteiger partial charge >= 0.3 is 47.6 Å². The molecule has 4 nitrogen and oxygen atoms in total. The summed E-state index contributed by atoms with van der Waals surface area (Å²) < 4.78 is 233. The quantitative estimate of drug-likeness (QED) is 0.145. The molecule has 0 aliphatic rings. The van der Waals surface area contributed by atoms with Crippen LogP contribution in [0.4, 0.5) is 80.3 Å². The van der Waals surface area contributed by atoms with Crippen LogP contribution < -0.4 is 0 Å². The monoisotopic (exact) mass is 613 g/mol. The summed E-state index contributed by atoms with van der Waals surface area (Å²) >= 11 is 0. The lowest BCUT2D eigenvalue weighted by molar-refractivity contribution is -0.462. The number of rotatable bonds is 11. The van der Waals surface area contributed by atoms with E-state index in [1.807, 2.05) is 0 Å². The zero-order chi connectivity index (χ0) is 31.5. The molecule has 1 aromatic rings. The van der Waals surface area contributed by atoms with E-state index < -0.39 is 75.8 Å². The summed E-state index contributed by atoms with van der Waals surface area (Å²) in [7, 11) is 0.353. The standard InChI is InChI=1S/C18H12F17NO3/c1-10(39-2,8-5-3-4-6-9(8)36(37)38)7-11(19,20)12(21,22)13(23,24)14(25,26)15(27,28)16(29,30)17(31,32)18(33,34)35/h3-6H,7H2,1-2H3. The van der Waals surface area contributed by atoms with Crippen molar-refractivity contribution >= 4 is 5.69 Å². The van der Waals surface area contributed by atoms with E-state index in [9.17, 15) is 84.8 Å². The summed E-state index contributed by atoms with van der Waals surface area (Å²) in [4.78, 5) is 9.75. The number of halogens is 17. The maximum Gasteiger partial charge on any atom is 0.460 e. The highest BCUT2D eigenvalue weighted by atomic mass is 19.4. The number of hydrogen-bond acceptors (Lipinski definition) is 3. The molecule has 0 fully saturated rings. The minimum absolute atomic E-state index is 0.266. The second-order valence-corrected chi connectivity index (χ2v) is 8.03. The lowest BCUT2D eigenvalue weighted by Crippen LogP contribution is -2.74. The molecule has 0 aromatic heterocycles. The fourth-order valence-electron chi connectivity index (χ4n) is 3.09. The third-order valence-electron chi connectivity index (χ3n) is 5.47. The Morgan fingerprint density at radius 1 is 0.667 bits per heavy atom. The van der Waals surface area contributed by atoms with E-state index in [2.05, 4.69) is 4.74 Å². The zero-order valence-electron chi connectivity index (χ0n) is 18.6. The van der Waals surface area contributed by atoms with Gasteiger partial charge in [-0.3, -0.25) is 10.1 Å². The third-order valence-corrected chi connectivity index (χ3v) is 5.47. The van der Waals surface area contributed by atoms with E-state index in [1.54, 1.807) is 0 Å². The van der Waals surface area contributed by atoms with E-state index >= 15 is 0 Å². The summed E-state index contributed by atoms with van der Waals surface area (Å²) in [6.07, 6.45) is -10.9. The Kier molecular flexibility index (Phi) is 8.38. The predicted octanol–water partition coefficient (Wildman–Crippen LogP) is 7.86. The first kappa shape index (κ1) is 34.4. The average molecular weight is 613 g/mol. The number of benzene rings is 1. The zero-order valence-corrected chi connectivity index (χ0v) is 18.6. The molecule has 1 atom stereocenters. The van der Waals surface area contributed by atoms with Crippen LogP contribution in [0.3, 0.4) is 0 Å². The molecule has 0 spiro atoms. The van der Waals surface area contributed by atoms with E-state index in [4.69, 9.17) is 0 Å². The summed E-state index contributed by atoms with van der Waals surface area (Å²) in [5.74, 6) is -57.5. The van der Waals surface area contributed by atoms with Crippen LogP contribution in [0.1, 0.15) is 18.9 Å². The molecule has 0 saturated carbocycles. The van der Waals surface area contributed by atoms with Crippen LogP contribution in [0.15, 0.2) is 24.3 Å². The van der Waals surface area contributed by atoms with Crippen LogP contribution in [-0.2, 0) is 10.3 Å². The van der Waals surface area contributed by atoms with Crippen molar-refractivity contribution in [1.29, 1.82) is 0 Å². The molecule has 21 heteroatoms. The molecular weight excluding hydrogens is 601 g/mol. The Morgan fingerprint density at radius 2 is 1.03 bits per heavy atom. The molecule has 0 bridgehead atoms. The van der Waals surface area contributed by atoms with Gasteiger partial charge in [-0.15, -0.1) is 0 Å². The largest absolute Gasteiger partial charge is 0.460 e. The molecule has 1 aromatic carbocycles. The molecule has 0 heterocycles. The van der Waals surface area contributed by atoms with Crippen molar-refractivity contribution in [2.75, 3.05) is 7.11 Å². The number of methoxy groups -OCH3 is 1. The Morgan fingerprint density at radius 3 is 1.38 bits per heavy atom. The highest BCUT2D eigenvalue weighted by Gasteiger charge is 2.95. The fraction of sp³-hybridized carbons (Fsp3) is 0.667. The summed E-state index contributed by atoms with van der Waals surface area (Å²) in [6, 6.07) is 2.76. The molecule has 0 amide bonds. The first-order valence-electron chi connectivity index (χ1n) is 9.45. The number of ether oxygens (including phenoxy) is 1. The summed E-state index contributed by atoms with van der Waals surface area (Å²) in [5.41, 5.74) is -5.54. The highest BCUT2D eigenvalue weighted by Crippen LogP contribution is 2.64. The molecule has 39 heavy (non-hydrogen) atoms. The Bertz CT molecular complexity index is 1070. The van der Waals surface area contributed by atoms with Gasteiger partial charge < -0.3 is 4.74 Å². The van der Waals surface area contributed by atoms with E-state index in [-0.39, 0.29) is 6.92 Å². The minimum atomic E-state index is -8.75. The van der Waals surface area contributed by atoms with Gasteiger partial charge in [-0.1, -0.05) is 12.1 Å². The molecule has 226 valence electrons. The van der Waals surface area contributed by atoms with Crippen LogP contribution in [0.25, 0.3) is 0 Å². The molecule has 1 unspecified atom stereocenters. The molecule has 1 rings (SSSR count). The summed E-state index contributed by atoms with van der Waals surface area (Å²) in [6.45, 7) is 0.266. The predicted molar refractivity (Wildman–Crippen MR) is 92.8 cm³/mol. The van der Waals surface area contributed by atoms with E-state index in [1.165, 1.54) is 0 Å². The van der Waals surface area contributed by atoms with Crippen LogP contribution in [0.5, 0.6) is 0 Å². The van der Waals surface area contributed by atoms with E-state index in [0.717, 1.165) is 12.1 Å². The van der Waals surface area contributed by atoms with Gasteiger partial charge in [0.05, 0.1) is 16.9 Å². The molecule has 0 saturated heterocycles. The van der Waals surface area contributed by atoms with Gasteiger partial charge in [0.2, 0.25) is 0 Å². The van der Waals surface area contributed by atoms with Crippen molar-refractivity contribution in [3.63, 3.8) is 0 Å². The number of nitro benzene ring substituents is 1. The smallest absolute Gasteiger partial charge is 0.373 e. The lowest BCUT2D eigenvalue weighted by atomic mass is 9.82. The van der Waals surface area contributed by atoms with Gasteiger partial charge in [-0.05, 0) is 13.0 Å². The van der Waals surface area contributed by atoms with Gasteiger partial charge in [-0.25, -0.2) is 0 Å². The number of alkyl halides is 17. The van der Waals surface area contributed by atoms with Crippen molar-refractivity contribution in [3.05, 3.63) is 39.9 Å². The molecule has 0 N–H and O–H groups in total. The highest BCUT2D eigenvalue weighted by molar-refractivity contribution is 5.44. The first-order valence-corrected chi connectivity index (χ1v) is 9.45. The molecule has 0 aliphatic carbocycles. The average Bonchev–Trinajstić information content (AvgIpc) is 2.77. The van der Waals surface area contributed by atoms with Crippen LogP contribution in [0, 0.1) is 10.1 Å². The van der Waals surface area contributed by atoms with Crippen LogP contribution >= 0.6 is 0 Å². The van der Waals surface area contributed by atoms with Gasteiger partial charge in [0.15, 0.2) is 0 Å². The number of nitrogens with zero attached hydrogens (tertiary/aromatic N) is 1. The topological polar surface area (TPSA) is 52.4 Å². The Balaban J connectivity index is 3.74. The van der Waals surface area contributed by atoms with Crippen molar-refractivity contribution in [2.24, 2.45) is 0 Å². The Labute approximate surface area is 204 Å². The van der Waals surface area contributed by atoms with Crippen molar-refractivity contribution in [2.45, 2.75) is 66.6 Å². The van der Waals surface area contributed by atoms with Crippen molar-refractivity contribution < 1.29 is 84.3 Å².